The number of fused-ring (bicyclic) bond motifs is 1. The van der Waals surface area contributed by atoms with E-state index >= 15 is 0 Å². The van der Waals surface area contributed by atoms with E-state index in [-0.39, 0.29) is 0 Å². The van der Waals surface area contributed by atoms with E-state index in [1.807, 2.05) is 0 Å². The molecular formula is C17H12F3N. The molecule has 0 radical (unpaired) electrons. The largest absolute Gasteiger partial charge is 0.247 e. The van der Waals surface area contributed by atoms with E-state index in [9.17, 15) is 13.2 Å². The van der Waals surface area contributed by atoms with Gasteiger partial charge in [-0.3, -0.25) is 0 Å². The molecule has 1 nitrogen and oxygen atoms in total. The Bertz CT molecular complexity index is 856. The molecule has 0 unspecified atom stereocenters. The highest BCUT2D eigenvalue weighted by Gasteiger charge is 2.15. The maximum absolute atomic E-state index is 14.0. The van der Waals surface area contributed by atoms with Gasteiger partial charge in [0, 0.05) is 17.0 Å². The van der Waals surface area contributed by atoms with E-state index < -0.39 is 17.5 Å². The lowest BCUT2D eigenvalue weighted by Crippen LogP contribution is -1.98. The molecule has 0 aliphatic heterocycles. The summed E-state index contributed by atoms with van der Waals surface area (Å²) in [7, 11) is 0. The van der Waals surface area contributed by atoms with Crippen LogP contribution in [0.15, 0.2) is 36.4 Å². The number of hydrogen-bond acceptors (Lipinski definition) is 1. The highest BCUT2D eigenvalue weighted by atomic mass is 19.2. The van der Waals surface area contributed by atoms with Crippen molar-refractivity contribution in [1.29, 1.82) is 0 Å². The SMILES string of the molecule is Cc1c(-c2ccccc2F)nc2cc(F)c(F)cc2c1C. The number of pyridine rings is 1. The van der Waals surface area contributed by atoms with E-state index in [4.69, 9.17) is 0 Å². The number of hydrogen-bond donors (Lipinski definition) is 0. The summed E-state index contributed by atoms with van der Waals surface area (Å²) in [5.41, 5.74) is 2.62. The first kappa shape index (κ1) is 13.6. The maximum atomic E-state index is 14.0. The molecule has 21 heavy (non-hydrogen) atoms. The predicted octanol–water partition coefficient (Wildman–Crippen LogP) is 4.94. The molecule has 3 aromatic rings. The first-order valence-corrected chi connectivity index (χ1v) is 6.50. The van der Waals surface area contributed by atoms with Gasteiger partial charge in [0.1, 0.15) is 5.82 Å². The summed E-state index contributed by atoms with van der Waals surface area (Å²) in [6, 6.07) is 8.45. The topological polar surface area (TPSA) is 12.9 Å². The predicted molar refractivity (Wildman–Crippen MR) is 76.5 cm³/mol. The Morgan fingerprint density at radius 1 is 0.810 bits per heavy atom. The van der Waals surface area contributed by atoms with Crippen LogP contribution in [-0.2, 0) is 0 Å². The van der Waals surface area contributed by atoms with Crippen LogP contribution in [0.5, 0.6) is 0 Å². The molecule has 0 spiro atoms. The second-order valence-corrected chi connectivity index (χ2v) is 4.97. The first-order chi connectivity index (χ1) is 9.99. The lowest BCUT2D eigenvalue weighted by molar-refractivity contribution is 0.510. The average molecular weight is 287 g/mol. The molecule has 0 fully saturated rings. The average Bonchev–Trinajstić information content (AvgIpc) is 2.46. The van der Waals surface area contributed by atoms with Crippen molar-refractivity contribution in [2.45, 2.75) is 13.8 Å². The third kappa shape index (κ3) is 2.17. The molecule has 2 aromatic carbocycles. The summed E-state index contributed by atoms with van der Waals surface area (Å²) in [6.07, 6.45) is 0. The molecule has 0 amide bonds. The van der Waals surface area contributed by atoms with Crippen molar-refractivity contribution in [3.63, 3.8) is 0 Å². The van der Waals surface area contributed by atoms with E-state index in [0.29, 0.717) is 22.2 Å². The van der Waals surface area contributed by atoms with Gasteiger partial charge >= 0.3 is 0 Å². The lowest BCUT2D eigenvalue weighted by atomic mass is 9.98. The summed E-state index contributed by atoms with van der Waals surface area (Å²) < 4.78 is 40.7. The normalized spacial score (nSPS) is 11.1. The fraction of sp³-hybridized carbons (Fsp3) is 0.118. The molecule has 4 heteroatoms. The van der Waals surface area contributed by atoms with Gasteiger partial charge in [-0.25, -0.2) is 18.2 Å². The molecule has 1 heterocycles. The lowest BCUT2D eigenvalue weighted by Gasteiger charge is -2.12. The Labute approximate surface area is 120 Å². The van der Waals surface area contributed by atoms with E-state index in [1.54, 1.807) is 32.0 Å². The second kappa shape index (κ2) is 4.88. The minimum atomic E-state index is -0.960. The first-order valence-electron chi connectivity index (χ1n) is 6.50. The molecule has 0 atom stereocenters. The highest BCUT2D eigenvalue weighted by Crippen LogP contribution is 2.31. The van der Waals surface area contributed by atoms with Gasteiger partial charge in [0.15, 0.2) is 11.6 Å². The standard InChI is InChI=1S/C17H12F3N/c1-9-10(2)17(11-5-3-4-6-13(11)18)21-16-8-15(20)14(19)7-12(9)16/h3-8H,1-2H3. The Hall–Kier alpha value is -2.36. The van der Waals surface area contributed by atoms with Crippen LogP contribution in [-0.4, -0.2) is 4.98 Å². The van der Waals surface area contributed by atoms with Gasteiger partial charge in [-0.2, -0.15) is 0 Å². The third-order valence-electron chi connectivity index (χ3n) is 3.72. The van der Waals surface area contributed by atoms with Crippen molar-refractivity contribution in [3.8, 4) is 11.3 Å². The third-order valence-corrected chi connectivity index (χ3v) is 3.72. The van der Waals surface area contributed by atoms with Gasteiger partial charge in [0.25, 0.3) is 0 Å². The molecule has 0 bridgehead atoms. The van der Waals surface area contributed by atoms with Crippen molar-refractivity contribution < 1.29 is 13.2 Å². The summed E-state index contributed by atoms with van der Waals surface area (Å²) in [6.45, 7) is 3.59. The van der Waals surface area contributed by atoms with Gasteiger partial charge in [-0.15, -0.1) is 0 Å². The van der Waals surface area contributed by atoms with Crippen molar-refractivity contribution in [1.82, 2.24) is 4.98 Å². The monoisotopic (exact) mass is 287 g/mol. The fourth-order valence-electron chi connectivity index (χ4n) is 2.43. The molecule has 0 aliphatic rings. The van der Waals surface area contributed by atoms with E-state index in [0.717, 1.165) is 23.3 Å². The molecule has 0 N–H and O–H groups in total. The zero-order chi connectivity index (χ0) is 15.1. The van der Waals surface area contributed by atoms with Crippen molar-refractivity contribution in [3.05, 3.63) is 65.0 Å². The van der Waals surface area contributed by atoms with Crippen molar-refractivity contribution >= 4 is 10.9 Å². The number of rotatable bonds is 1. The molecule has 3 rings (SSSR count). The molecule has 0 saturated heterocycles. The number of halogens is 3. The van der Waals surface area contributed by atoms with Crippen molar-refractivity contribution in [2.24, 2.45) is 0 Å². The van der Waals surface area contributed by atoms with E-state index in [2.05, 4.69) is 4.98 Å². The molecule has 1 aromatic heterocycles. The minimum Gasteiger partial charge on any atom is -0.247 e. The van der Waals surface area contributed by atoms with Gasteiger partial charge < -0.3 is 0 Å². The zero-order valence-corrected chi connectivity index (χ0v) is 11.5. The maximum Gasteiger partial charge on any atom is 0.161 e. The van der Waals surface area contributed by atoms with Crippen LogP contribution in [0.3, 0.4) is 0 Å². The number of aryl methyl sites for hydroxylation is 1. The summed E-state index contributed by atoms with van der Waals surface area (Å²) in [4.78, 5) is 4.32. The number of benzene rings is 2. The summed E-state index contributed by atoms with van der Waals surface area (Å²) in [5.74, 6) is -2.27. The Morgan fingerprint density at radius 2 is 1.48 bits per heavy atom. The smallest absolute Gasteiger partial charge is 0.161 e. The fourth-order valence-corrected chi connectivity index (χ4v) is 2.43. The van der Waals surface area contributed by atoms with Gasteiger partial charge in [0.2, 0.25) is 0 Å². The summed E-state index contributed by atoms with van der Waals surface area (Å²) in [5, 5.41) is 0.534. The van der Waals surface area contributed by atoms with Crippen LogP contribution in [0.4, 0.5) is 13.2 Å². The number of nitrogens with zero attached hydrogens (tertiary/aromatic N) is 1. The molecule has 106 valence electrons. The minimum absolute atomic E-state index is 0.315. The highest BCUT2D eigenvalue weighted by molar-refractivity contribution is 5.87. The van der Waals surface area contributed by atoms with Gasteiger partial charge in [-0.05, 0) is 43.2 Å². The van der Waals surface area contributed by atoms with Crippen LogP contribution in [0.25, 0.3) is 22.2 Å². The van der Waals surface area contributed by atoms with Crippen LogP contribution in [0, 0.1) is 31.3 Å². The molecular weight excluding hydrogens is 275 g/mol. The quantitative estimate of drug-likeness (QED) is 0.618. The van der Waals surface area contributed by atoms with Gasteiger partial charge in [-0.1, -0.05) is 12.1 Å². The zero-order valence-electron chi connectivity index (χ0n) is 11.5. The van der Waals surface area contributed by atoms with Crippen LogP contribution in [0.1, 0.15) is 11.1 Å². The second-order valence-electron chi connectivity index (χ2n) is 4.97. The van der Waals surface area contributed by atoms with Crippen LogP contribution in [0.2, 0.25) is 0 Å². The molecule has 0 aliphatic carbocycles. The summed E-state index contributed by atoms with van der Waals surface area (Å²) >= 11 is 0. The Kier molecular flexibility index (Phi) is 3.16. The van der Waals surface area contributed by atoms with E-state index in [1.165, 1.54) is 6.07 Å². The Morgan fingerprint density at radius 3 is 2.19 bits per heavy atom. The molecule has 0 saturated carbocycles. The van der Waals surface area contributed by atoms with Crippen LogP contribution < -0.4 is 0 Å². The Balaban J connectivity index is 2.38. The van der Waals surface area contributed by atoms with Gasteiger partial charge in [0.05, 0.1) is 11.2 Å². The number of aromatic nitrogens is 1. The van der Waals surface area contributed by atoms with Crippen LogP contribution >= 0.6 is 0 Å². The van der Waals surface area contributed by atoms with Crippen molar-refractivity contribution in [2.75, 3.05) is 0 Å².